The van der Waals surface area contributed by atoms with E-state index in [1.807, 2.05) is 38.1 Å². The van der Waals surface area contributed by atoms with Crippen molar-refractivity contribution < 1.29 is 14.7 Å². The quantitative estimate of drug-likeness (QED) is 0.335. The summed E-state index contributed by atoms with van der Waals surface area (Å²) in [4.78, 5) is 12.4. The average Bonchev–Trinajstić information content (AvgIpc) is 2.50. The van der Waals surface area contributed by atoms with Gasteiger partial charge in [0, 0.05) is 0 Å². The molecule has 2 atom stereocenters. The molecule has 2 unspecified atom stereocenters. The van der Waals surface area contributed by atoms with Gasteiger partial charge in [-0.25, -0.2) is 0 Å². The molecule has 1 amide bonds. The summed E-state index contributed by atoms with van der Waals surface area (Å²) in [5, 5.41) is 14.6. The lowest BCUT2D eigenvalue weighted by molar-refractivity contribution is -0.126. The van der Waals surface area contributed by atoms with E-state index in [0.29, 0.717) is 13.0 Å². The number of nitrogens with zero attached hydrogens (tertiary/aromatic N) is 1. The predicted molar refractivity (Wildman–Crippen MR) is 79.3 cm³/mol. The molecule has 1 aromatic carbocycles. The van der Waals surface area contributed by atoms with Crippen LogP contribution in [0.3, 0.4) is 0 Å². The van der Waals surface area contributed by atoms with Crippen molar-refractivity contribution in [3.63, 3.8) is 0 Å². The van der Waals surface area contributed by atoms with Gasteiger partial charge in [-0.1, -0.05) is 37.2 Å². The van der Waals surface area contributed by atoms with Crippen LogP contribution in [0.25, 0.3) is 0 Å². The summed E-state index contributed by atoms with van der Waals surface area (Å²) in [5.74, 6) is 0.456. The zero-order valence-corrected chi connectivity index (χ0v) is 12.2. The van der Waals surface area contributed by atoms with Crippen LogP contribution in [0.2, 0.25) is 0 Å². The molecular weight excluding hydrogens is 270 g/mol. The number of hydrogen-bond donors (Lipinski definition) is 3. The number of fused-ring (bicyclic) bond motifs is 1. The SMILES string of the molecule is CC(C)C(NC(=O)C1COc2ccccc2C1)C(N)=NO. The fourth-order valence-electron chi connectivity index (χ4n) is 2.41. The summed E-state index contributed by atoms with van der Waals surface area (Å²) in [7, 11) is 0. The summed E-state index contributed by atoms with van der Waals surface area (Å²) < 4.78 is 5.61. The second kappa shape index (κ2) is 6.47. The Bertz CT molecular complexity index is 543. The van der Waals surface area contributed by atoms with Gasteiger partial charge < -0.3 is 21.0 Å². The van der Waals surface area contributed by atoms with Crippen LogP contribution in [-0.4, -0.2) is 29.6 Å². The van der Waals surface area contributed by atoms with Gasteiger partial charge in [0.25, 0.3) is 0 Å². The maximum Gasteiger partial charge on any atom is 0.227 e. The first kappa shape index (κ1) is 15.2. The van der Waals surface area contributed by atoms with Crippen LogP contribution in [0.15, 0.2) is 29.4 Å². The van der Waals surface area contributed by atoms with E-state index < -0.39 is 6.04 Å². The van der Waals surface area contributed by atoms with Gasteiger partial charge in [-0.3, -0.25) is 4.79 Å². The van der Waals surface area contributed by atoms with E-state index in [4.69, 9.17) is 15.7 Å². The van der Waals surface area contributed by atoms with Gasteiger partial charge in [0.1, 0.15) is 12.4 Å². The number of rotatable bonds is 4. The molecule has 114 valence electrons. The molecule has 6 nitrogen and oxygen atoms in total. The van der Waals surface area contributed by atoms with Crippen molar-refractivity contribution in [3.8, 4) is 5.75 Å². The Labute approximate surface area is 124 Å². The number of oxime groups is 1. The number of carbonyl (C=O) groups is 1. The highest BCUT2D eigenvalue weighted by Gasteiger charge is 2.29. The highest BCUT2D eigenvalue weighted by molar-refractivity contribution is 5.91. The number of hydrogen-bond acceptors (Lipinski definition) is 4. The van der Waals surface area contributed by atoms with Crippen molar-refractivity contribution in [2.45, 2.75) is 26.3 Å². The number of amides is 1. The van der Waals surface area contributed by atoms with Crippen LogP contribution in [-0.2, 0) is 11.2 Å². The van der Waals surface area contributed by atoms with Crippen molar-refractivity contribution in [2.75, 3.05) is 6.61 Å². The number of benzene rings is 1. The fraction of sp³-hybridized carbons (Fsp3) is 0.467. The number of nitrogens with one attached hydrogen (secondary N) is 1. The summed E-state index contributed by atoms with van der Waals surface area (Å²) in [6.45, 7) is 4.13. The van der Waals surface area contributed by atoms with Gasteiger partial charge in [0.15, 0.2) is 5.84 Å². The van der Waals surface area contributed by atoms with Gasteiger partial charge in [0.2, 0.25) is 5.91 Å². The minimum Gasteiger partial charge on any atom is -0.492 e. The first-order chi connectivity index (χ1) is 10.0. The Morgan fingerprint density at radius 1 is 1.48 bits per heavy atom. The normalized spacial score (nSPS) is 19.6. The first-order valence-electron chi connectivity index (χ1n) is 7.01. The van der Waals surface area contributed by atoms with Crippen molar-refractivity contribution in [1.29, 1.82) is 0 Å². The third-order valence-corrected chi connectivity index (χ3v) is 3.65. The van der Waals surface area contributed by atoms with E-state index in [1.165, 1.54) is 0 Å². The molecule has 0 radical (unpaired) electrons. The third-order valence-electron chi connectivity index (χ3n) is 3.65. The molecule has 0 spiro atoms. The molecule has 21 heavy (non-hydrogen) atoms. The van der Waals surface area contributed by atoms with Crippen LogP contribution in [0, 0.1) is 11.8 Å². The van der Waals surface area contributed by atoms with Gasteiger partial charge in [-0.2, -0.15) is 0 Å². The fourth-order valence-corrected chi connectivity index (χ4v) is 2.41. The molecule has 0 fully saturated rings. The zero-order chi connectivity index (χ0) is 15.4. The Morgan fingerprint density at radius 2 is 2.19 bits per heavy atom. The van der Waals surface area contributed by atoms with E-state index in [0.717, 1.165) is 11.3 Å². The van der Waals surface area contributed by atoms with Crippen LogP contribution in [0.4, 0.5) is 0 Å². The summed E-state index contributed by atoms with van der Waals surface area (Å²) in [6, 6.07) is 7.21. The highest BCUT2D eigenvalue weighted by Crippen LogP contribution is 2.26. The second-order valence-corrected chi connectivity index (χ2v) is 5.57. The number of ether oxygens (including phenoxy) is 1. The van der Waals surface area contributed by atoms with Crippen LogP contribution < -0.4 is 15.8 Å². The topological polar surface area (TPSA) is 96.9 Å². The summed E-state index contributed by atoms with van der Waals surface area (Å²) >= 11 is 0. The van der Waals surface area contributed by atoms with Crippen LogP contribution in [0.5, 0.6) is 5.75 Å². The maximum absolute atomic E-state index is 12.4. The lowest BCUT2D eigenvalue weighted by Gasteiger charge is -2.27. The minimum absolute atomic E-state index is 0.00970. The van der Waals surface area contributed by atoms with Gasteiger partial charge >= 0.3 is 0 Å². The molecular formula is C15H21N3O3. The third kappa shape index (κ3) is 3.45. The van der Waals surface area contributed by atoms with Gasteiger partial charge in [-0.05, 0) is 24.0 Å². The van der Waals surface area contributed by atoms with Crippen molar-refractivity contribution in [2.24, 2.45) is 22.7 Å². The lowest BCUT2D eigenvalue weighted by atomic mass is 9.94. The van der Waals surface area contributed by atoms with E-state index in [2.05, 4.69) is 10.5 Å². The van der Waals surface area contributed by atoms with Gasteiger partial charge in [0.05, 0.1) is 12.0 Å². The second-order valence-electron chi connectivity index (χ2n) is 5.57. The van der Waals surface area contributed by atoms with E-state index in [1.54, 1.807) is 0 Å². The molecule has 2 rings (SSSR count). The molecule has 0 aromatic heterocycles. The van der Waals surface area contributed by atoms with Crippen molar-refractivity contribution in [1.82, 2.24) is 5.32 Å². The van der Waals surface area contributed by atoms with E-state index in [9.17, 15) is 4.79 Å². The Balaban J connectivity index is 2.04. The zero-order valence-electron chi connectivity index (χ0n) is 12.2. The number of para-hydroxylation sites is 1. The average molecular weight is 291 g/mol. The predicted octanol–water partition coefficient (Wildman–Crippen LogP) is 1.12. The molecule has 1 heterocycles. The van der Waals surface area contributed by atoms with E-state index in [-0.39, 0.29) is 23.6 Å². The number of nitrogens with two attached hydrogens (primary N) is 1. The Hall–Kier alpha value is -2.24. The van der Waals surface area contributed by atoms with Crippen molar-refractivity contribution >= 4 is 11.7 Å². The van der Waals surface area contributed by atoms with Crippen LogP contribution in [0.1, 0.15) is 19.4 Å². The number of carbonyl (C=O) groups excluding carboxylic acids is 1. The Kier molecular flexibility index (Phi) is 4.67. The number of amidine groups is 1. The molecule has 0 aliphatic carbocycles. The van der Waals surface area contributed by atoms with E-state index >= 15 is 0 Å². The van der Waals surface area contributed by atoms with Crippen molar-refractivity contribution in [3.05, 3.63) is 29.8 Å². The first-order valence-corrected chi connectivity index (χ1v) is 7.01. The maximum atomic E-state index is 12.4. The highest BCUT2D eigenvalue weighted by atomic mass is 16.5. The molecule has 1 aliphatic rings. The standard InChI is InChI=1S/C15H21N3O3/c1-9(2)13(14(16)18-20)17-15(19)11-7-10-5-3-4-6-12(10)21-8-11/h3-6,9,11,13,20H,7-8H2,1-2H3,(H2,16,18)(H,17,19). The summed E-state index contributed by atoms with van der Waals surface area (Å²) in [5.41, 5.74) is 6.65. The largest absolute Gasteiger partial charge is 0.492 e. The molecule has 0 bridgehead atoms. The molecule has 0 saturated carbocycles. The van der Waals surface area contributed by atoms with Gasteiger partial charge in [-0.15, -0.1) is 0 Å². The lowest BCUT2D eigenvalue weighted by Crippen LogP contribution is -2.51. The molecule has 1 aliphatic heterocycles. The minimum atomic E-state index is -0.486. The Morgan fingerprint density at radius 3 is 2.86 bits per heavy atom. The molecule has 4 N–H and O–H groups in total. The van der Waals surface area contributed by atoms with Crippen LogP contribution >= 0.6 is 0 Å². The smallest absolute Gasteiger partial charge is 0.227 e. The monoisotopic (exact) mass is 291 g/mol. The molecule has 0 saturated heterocycles. The molecule has 6 heteroatoms. The summed E-state index contributed by atoms with van der Waals surface area (Å²) in [6.07, 6.45) is 0.628. The molecule has 1 aromatic rings.